The molecule has 0 aliphatic carbocycles. The molecule has 0 spiro atoms. The van der Waals surface area contributed by atoms with Crippen LogP contribution >= 0.6 is 11.6 Å². The van der Waals surface area contributed by atoms with Crippen LogP contribution in [0.2, 0.25) is 5.02 Å². The Hall–Kier alpha value is -2.91. The standard InChI is InChI=1S/C21H19ClF3N5O/c22-14-5-6-15-18(11-14)26-13-27-20(15)30-9-7-29(8-10-30)12-19(31)28-17-4-2-1-3-16(17)21(23,24)25/h1-6,11,13H,7-10,12H2,(H,28,31). The van der Waals surface area contributed by atoms with Crippen molar-refractivity contribution >= 4 is 39.9 Å². The number of hydrogen-bond acceptors (Lipinski definition) is 5. The van der Waals surface area contributed by atoms with Crippen LogP contribution < -0.4 is 10.2 Å². The molecule has 1 aromatic heterocycles. The molecule has 2 heterocycles. The Balaban J connectivity index is 1.38. The summed E-state index contributed by atoms with van der Waals surface area (Å²) in [6.45, 7) is 2.42. The van der Waals surface area contributed by atoms with Crippen LogP contribution in [-0.4, -0.2) is 53.5 Å². The minimum atomic E-state index is -4.53. The molecule has 0 unspecified atom stereocenters. The van der Waals surface area contributed by atoms with Crippen LogP contribution in [0.5, 0.6) is 0 Å². The lowest BCUT2D eigenvalue weighted by Crippen LogP contribution is -2.49. The van der Waals surface area contributed by atoms with Crippen LogP contribution in [0.15, 0.2) is 48.8 Å². The molecule has 6 nitrogen and oxygen atoms in total. The van der Waals surface area contributed by atoms with Gasteiger partial charge in [-0.05, 0) is 30.3 Å². The van der Waals surface area contributed by atoms with E-state index in [1.54, 1.807) is 12.1 Å². The van der Waals surface area contributed by atoms with E-state index >= 15 is 0 Å². The SMILES string of the molecule is O=C(CN1CCN(c2ncnc3cc(Cl)ccc23)CC1)Nc1ccccc1C(F)(F)F. The highest BCUT2D eigenvalue weighted by molar-refractivity contribution is 6.31. The fraction of sp³-hybridized carbons (Fsp3) is 0.286. The van der Waals surface area contributed by atoms with Gasteiger partial charge in [-0.15, -0.1) is 0 Å². The molecule has 162 valence electrons. The summed E-state index contributed by atoms with van der Waals surface area (Å²) in [7, 11) is 0. The van der Waals surface area contributed by atoms with Crippen molar-refractivity contribution in [1.29, 1.82) is 0 Å². The van der Waals surface area contributed by atoms with Crippen molar-refractivity contribution in [3.05, 3.63) is 59.4 Å². The molecular weight excluding hydrogens is 431 g/mol. The van der Waals surface area contributed by atoms with Gasteiger partial charge in [-0.3, -0.25) is 9.69 Å². The number of para-hydroxylation sites is 1. The number of piperazine rings is 1. The lowest BCUT2D eigenvalue weighted by molar-refractivity contribution is -0.137. The number of anilines is 2. The first-order chi connectivity index (χ1) is 14.8. The van der Waals surface area contributed by atoms with Crippen LogP contribution in [0.25, 0.3) is 10.9 Å². The summed E-state index contributed by atoms with van der Waals surface area (Å²) in [6, 6.07) is 10.4. The van der Waals surface area contributed by atoms with Crippen LogP contribution in [0, 0.1) is 0 Å². The van der Waals surface area contributed by atoms with Gasteiger partial charge in [-0.25, -0.2) is 9.97 Å². The fourth-order valence-electron chi connectivity index (χ4n) is 3.62. The Bertz CT molecular complexity index is 1100. The maximum absolute atomic E-state index is 13.1. The number of fused-ring (bicyclic) bond motifs is 1. The van der Waals surface area contributed by atoms with Crippen molar-refractivity contribution in [1.82, 2.24) is 14.9 Å². The molecule has 4 rings (SSSR count). The summed E-state index contributed by atoms with van der Waals surface area (Å²) in [5.41, 5.74) is -0.337. The molecule has 1 aliphatic rings. The first-order valence-corrected chi connectivity index (χ1v) is 10.0. The molecule has 0 saturated carbocycles. The summed E-state index contributed by atoms with van der Waals surface area (Å²) < 4.78 is 39.3. The Kier molecular flexibility index (Phi) is 5.97. The van der Waals surface area contributed by atoms with Crippen LogP contribution in [0.1, 0.15) is 5.56 Å². The van der Waals surface area contributed by atoms with Crippen molar-refractivity contribution in [2.75, 3.05) is 42.9 Å². The maximum atomic E-state index is 13.1. The molecule has 1 aliphatic heterocycles. The van der Waals surface area contributed by atoms with E-state index in [1.165, 1.54) is 24.5 Å². The van der Waals surface area contributed by atoms with E-state index in [0.29, 0.717) is 31.2 Å². The number of aromatic nitrogens is 2. The zero-order valence-electron chi connectivity index (χ0n) is 16.4. The number of halogens is 4. The van der Waals surface area contributed by atoms with Gasteiger partial charge in [0.25, 0.3) is 0 Å². The van der Waals surface area contributed by atoms with E-state index in [1.807, 2.05) is 11.0 Å². The topological polar surface area (TPSA) is 61.4 Å². The van der Waals surface area contributed by atoms with E-state index in [0.717, 1.165) is 22.8 Å². The van der Waals surface area contributed by atoms with Gasteiger partial charge in [0.15, 0.2) is 0 Å². The molecule has 1 N–H and O–H groups in total. The van der Waals surface area contributed by atoms with Crippen molar-refractivity contribution in [2.24, 2.45) is 0 Å². The molecule has 0 radical (unpaired) electrons. The third-order valence-electron chi connectivity index (χ3n) is 5.12. The number of nitrogens with zero attached hydrogens (tertiary/aromatic N) is 4. The Labute approximate surface area is 181 Å². The number of nitrogens with one attached hydrogen (secondary N) is 1. The average Bonchev–Trinajstić information content (AvgIpc) is 2.73. The zero-order chi connectivity index (χ0) is 22.0. The molecule has 1 saturated heterocycles. The molecule has 0 atom stereocenters. The summed E-state index contributed by atoms with van der Waals surface area (Å²) in [5, 5.41) is 3.88. The van der Waals surface area contributed by atoms with Gasteiger partial charge in [-0.2, -0.15) is 13.2 Å². The van der Waals surface area contributed by atoms with Gasteiger partial charge in [0.1, 0.15) is 12.1 Å². The second-order valence-electron chi connectivity index (χ2n) is 7.21. The summed E-state index contributed by atoms with van der Waals surface area (Å²) in [5.74, 6) is 0.317. The Morgan fingerprint density at radius 3 is 2.55 bits per heavy atom. The van der Waals surface area contributed by atoms with Gasteiger partial charge in [0.05, 0.1) is 23.3 Å². The summed E-state index contributed by atoms with van der Waals surface area (Å²) in [4.78, 5) is 25.0. The predicted molar refractivity (Wildman–Crippen MR) is 113 cm³/mol. The largest absolute Gasteiger partial charge is 0.418 e. The van der Waals surface area contributed by atoms with E-state index in [4.69, 9.17) is 11.6 Å². The van der Waals surface area contributed by atoms with Crippen LogP contribution in [0.3, 0.4) is 0 Å². The molecule has 10 heteroatoms. The minimum Gasteiger partial charge on any atom is -0.353 e. The second kappa shape index (κ2) is 8.68. The Morgan fingerprint density at radius 2 is 1.81 bits per heavy atom. The molecular formula is C21H19ClF3N5O. The highest BCUT2D eigenvalue weighted by Crippen LogP contribution is 2.34. The highest BCUT2D eigenvalue weighted by Gasteiger charge is 2.33. The fourth-order valence-corrected chi connectivity index (χ4v) is 3.78. The van der Waals surface area contributed by atoms with E-state index in [2.05, 4.69) is 20.2 Å². The number of hydrogen-bond donors (Lipinski definition) is 1. The molecule has 1 amide bonds. The van der Waals surface area contributed by atoms with Gasteiger partial charge >= 0.3 is 6.18 Å². The van der Waals surface area contributed by atoms with Crippen molar-refractivity contribution in [3.63, 3.8) is 0 Å². The molecule has 3 aromatic rings. The molecule has 31 heavy (non-hydrogen) atoms. The Morgan fingerprint density at radius 1 is 1.06 bits per heavy atom. The first-order valence-electron chi connectivity index (χ1n) is 9.65. The number of carbonyl (C=O) groups is 1. The van der Waals surface area contributed by atoms with E-state index < -0.39 is 17.6 Å². The van der Waals surface area contributed by atoms with Crippen molar-refractivity contribution in [2.45, 2.75) is 6.18 Å². The third kappa shape index (κ3) is 4.88. The predicted octanol–water partition coefficient (Wildman–Crippen LogP) is 4.06. The van der Waals surface area contributed by atoms with Crippen molar-refractivity contribution in [3.8, 4) is 0 Å². The van der Waals surface area contributed by atoms with E-state index in [9.17, 15) is 18.0 Å². The number of alkyl halides is 3. The maximum Gasteiger partial charge on any atom is 0.418 e. The lowest BCUT2D eigenvalue weighted by Gasteiger charge is -2.35. The van der Waals surface area contributed by atoms with E-state index in [-0.39, 0.29) is 12.2 Å². The molecule has 2 aromatic carbocycles. The normalized spacial score (nSPS) is 15.3. The second-order valence-corrected chi connectivity index (χ2v) is 7.65. The molecule has 1 fully saturated rings. The first kappa shape index (κ1) is 21.3. The summed E-state index contributed by atoms with van der Waals surface area (Å²) in [6.07, 6.45) is -3.04. The van der Waals surface area contributed by atoms with Crippen LogP contribution in [0.4, 0.5) is 24.7 Å². The highest BCUT2D eigenvalue weighted by atomic mass is 35.5. The number of amides is 1. The summed E-state index contributed by atoms with van der Waals surface area (Å²) >= 11 is 6.04. The zero-order valence-corrected chi connectivity index (χ0v) is 17.1. The van der Waals surface area contributed by atoms with Gasteiger partial charge in [0, 0.05) is 36.6 Å². The smallest absolute Gasteiger partial charge is 0.353 e. The quantitative estimate of drug-likeness (QED) is 0.651. The molecule has 0 bridgehead atoms. The van der Waals surface area contributed by atoms with Crippen LogP contribution in [-0.2, 0) is 11.0 Å². The monoisotopic (exact) mass is 449 g/mol. The number of benzene rings is 2. The van der Waals surface area contributed by atoms with Gasteiger partial charge < -0.3 is 10.2 Å². The number of carbonyl (C=O) groups excluding carboxylic acids is 1. The van der Waals surface area contributed by atoms with Gasteiger partial charge in [-0.1, -0.05) is 23.7 Å². The minimum absolute atomic E-state index is 0.0140. The number of rotatable bonds is 4. The average molecular weight is 450 g/mol. The van der Waals surface area contributed by atoms with Crippen molar-refractivity contribution < 1.29 is 18.0 Å². The van der Waals surface area contributed by atoms with Gasteiger partial charge in [0.2, 0.25) is 5.91 Å². The lowest BCUT2D eigenvalue weighted by atomic mass is 10.1. The third-order valence-corrected chi connectivity index (χ3v) is 5.36.